The van der Waals surface area contributed by atoms with Crippen LogP contribution in [0.15, 0.2) is 42.5 Å². The van der Waals surface area contributed by atoms with Gasteiger partial charge in [-0.1, -0.05) is 23.7 Å². The summed E-state index contributed by atoms with van der Waals surface area (Å²) >= 11 is 6.28. The number of anilines is 1. The zero-order chi connectivity index (χ0) is 16.9. The highest BCUT2D eigenvalue weighted by atomic mass is 35.5. The van der Waals surface area contributed by atoms with E-state index in [2.05, 4.69) is 5.32 Å². The van der Waals surface area contributed by atoms with Gasteiger partial charge in [-0.2, -0.15) is 0 Å². The molecule has 24 heavy (non-hydrogen) atoms. The van der Waals surface area contributed by atoms with Gasteiger partial charge >= 0.3 is 0 Å². The molecule has 5 nitrogen and oxygen atoms in total. The van der Waals surface area contributed by atoms with Gasteiger partial charge in [0.2, 0.25) is 0 Å². The number of guanidine groups is 1. The van der Waals surface area contributed by atoms with E-state index in [1.807, 2.05) is 30.3 Å². The third kappa shape index (κ3) is 4.40. The number of hydrogen-bond donors (Lipinski definition) is 3. The Hall–Kier alpha value is -2.24. The van der Waals surface area contributed by atoms with Gasteiger partial charge < -0.3 is 20.5 Å². The molecule has 1 fully saturated rings. The molecule has 2 aromatic carbocycles. The minimum Gasteiger partial charge on any atom is -0.488 e. The molecule has 0 aliphatic carbocycles. The van der Waals surface area contributed by atoms with Crippen LogP contribution in [0.4, 0.5) is 5.69 Å². The van der Waals surface area contributed by atoms with Crippen LogP contribution in [0.2, 0.25) is 5.02 Å². The van der Waals surface area contributed by atoms with Gasteiger partial charge in [-0.25, -0.2) is 0 Å². The second-order valence-electron chi connectivity index (χ2n) is 5.77. The van der Waals surface area contributed by atoms with E-state index in [0.29, 0.717) is 18.1 Å². The standard InChI is InChI=1S/C18H20ClN3O2/c19-17-6-3-14(22-18(20)21)10-13(17)9-12-1-4-15(5-2-12)24-16-7-8-23-11-16/h1-6,10,16H,7-9,11H2,(H4,20,21,22)/t16-/m1/s1. The lowest BCUT2D eigenvalue weighted by Gasteiger charge is -2.13. The normalized spacial score (nSPS) is 16.8. The minimum absolute atomic E-state index is 0.0966. The zero-order valence-electron chi connectivity index (χ0n) is 13.2. The zero-order valence-corrected chi connectivity index (χ0v) is 14.0. The molecule has 0 spiro atoms. The topological polar surface area (TPSA) is 80.4 Å². The number of benzene rings is 2. The molecule has 0 amide bonds. The molecule has 1 saturated heterocycles. The summed E-state index contributed by atoms with van der Waals surface area (Å²) in [6, 6.07) is 13.5. The summed E-state index contributed by atoms with van der Waals surface area (Å²) in [5.74, 6) is 0.757. The summed E-state index contributed by atoms with van der Waals surface area (Å²) < 4.78 is 11.2. The second-order valence-corrected chi connectivity index (χ2v) is 6.18. The van der Waals surface area contributed by atoms with Crippen molar-refractivity contribution in [1.82, 2.24) is 0 Å². The highest BCUT2D eigenvalue weighted by molar-refractivity contribution is 6.31. The van der Waals surface area contributed by atoms with Crippen LogP contribution in [0.1, 0.15) is 17.5 Å². The van der Waals surface area contributed by atoms with Crippen LogP contribution in [0.3, 0.4) is 0 Å². The van der Waals surface area contributed by atoms with Crippen molar-refractivity contribution in [2.24, 2.45) is 5.73 Å². The van der Waals surface area contributed by atoms with Crippen LogP contribution in [0.25, 0.3) is 0 Å². The fourth-order valence-electron chi connectivity index (χ4n) is 2.65. The fourth-order valence-corrected chi connectivity index (χ4v) is 2.83. The monoisotopic (exact) mass is 345 g/mol. The largest absolute Gasteiger partial charge is 0.488 e. The Labute approximate surface area is 146 Å². The number of nitrogens with one attached hydrogen (secondary N) is 2. The van der Waals surface area contributed by atoms with E-state index in [4.69, 9.17) is 32.2 Å². The van der Waals surface area contributed by atoms with Crippen molar-refractivity contribution in [1.29, 1.82) is 5.41 Å². The maximum Gasteiger partial charge on any atom is 0.190 e. The maximum absolute atomic E-state index is 7.30. The van der Waals surface area contributed by atoms with Crippen LogP contribution in [0.5, 0.6) is 5.75 Å². The predicted octanol–water partition coefficient (Wildman–Crippen LogP) is 3.40. The Morgan fingerprint density at radius 3 is 2.75 bits per heavy atom. The van der Waals surface area contributed by atoms with E-state index in [9.17, 15) is 0 Å². The van der Waals surface area contributed by atoms with E-state index in [0.717, 1.165) is 35.6 Å². The Morgan fingerprint density at radius 1 is 1.29 bits per heavy atom. The van der Waals surface area contributed by atoms with Crippen molar-refractivity contribution in [3.05, 3.63) is 58.6 Å². The average Bonchev–Trinajstić information content (AvgIpc) is 3.05. The third-order valence-electron chi connectivity index (χ3n) is 3.83. The van der Waals surface area contributed by atoms with Crippen molar-refractivity contribution in [3.63, 3.8) is 0 Å². The molecule has 0 aromatic heterocycles. The van der Waals surface area contributed by atoms with E-state index >= 15 is 0 Å². The summed E-state index contributed by atoms with van der Waals surface area (Å²) in [4.78, 5) is 0. The fraction of sp³-hybridized carbons (Fsp3) is 0.278. The van der Waals surface area contributed by atoms with E-state index < -0.39 is 0 Å². The maximum atomic E-state index is 7.30. The first-order chi connectivity index (χ1) is 11.6. The first kappa shape index (κ1) is 16.6. The number of halogens is 1. The van der Waals surface area contributed by atoms with Crippen LogP contribution in [0, 0.1) is 5.41 Å². The molecule has 0 radical (unpaired) electrons. The summed E-state index contributed by atoms with van der Waals surface area (Å²) in [5, 5.41) is 10.8. The van der Waals surface area contributed by atoms with Crippen molar-refractivity contribution >= 4 is 23.2 Å². The molecule has 2 aromatic rings. The average molecular weight is 346 g/mol. The molecule has 1 aliphatic rings. The lowest BCUT2D eigenvalue weighted by Crippen LogP contribution is -2.20. The van der Waals surface area contributed by atoms with E-state index in [-0.39, 0.29) is 12.1 Å². The first-order valence-corrected chi connectivity index (χ1v) is 8.21. The van der Waals surface area contributed by atoms with Gasteiger partial charge in [0, 0.05) is 17.1 Å². The van der Waals surface area contributed by atoms with Gasteiger partial charge in [0.1, 0.15) is 11.9 Å². The summed E-state index contributed by atoms with van der Waals surface area (Å²) in [7, 11) is 0. The third-order valence-corrected chi connectivity index (χ3v) is 4.20. The van der Waals surface area contributed by atoms with Crippen LogP contribution >= 0.6 is 11.6 Å². The molecule has 1 heterocycles. The first-order valence-electron chi connectivity index (χ1n) is 7.83. The SMILES string of the molecule is N=C(N)Nc1ccc(Cl)c(Cc2ccc(O[C@@H]3CCOC3)cc2)c1. The Bertz CT molecular complexity index is 713. The van der Waals surface area contributed by atoms with Crippen molar-refractivity contribution in [2.75, 3.05) is 18.5 Å². The van der Waals surface area contributed by atoms with Crippen LogP contribution in [-0.4, -0.2) is 25.3 Å². The molecule has 1 aliphatic heterocycles. The van der Waals surface area contributed by atoms with Gasteiger partial charge in [-0.3, -0.25) is 5.41 Å². The molecule has 6 heteroatoms. The second kappa shape index (κ2) is 7.55. The number of hydrogen-bond acceptors (Lipinski definition) is 3. The molecular formula is C18H20ClN3O2. The minimum atomic E-state index is -0.0966. The number of ether oxygens (including phenoxy) is 2. The number of rotatable bonds is 5. The lowest BCUT2D eigenvalue weighted by molar-refractivity contribution is 0.141. The summed E-state index contributed by atoms with van der Waals surface area (Å²) in [6.07, 6.45) is 1.78. The molecule has 4 N–H and O–H groups in total. The smallest absolute Gasteiger partial charge is 0.190 e. The summed E-state index contributed by atoms with van der Waals surface area (Å²) in [5.41, 5.74) is 8.22. The van der Waals surface area contributed by atoms with Gasteiger partial charge in [0.05, 0.1) is 13.2 Å². The highest BCUT2D eigenvalue weighted by Crippen LogP contribution is 2.25. The predicted molar refractivity (Wildman–Crippen MR) is 96.1 cm³/mol. The molecule has 0 bridgehead atoms. The molecule has 1 atom stereocenters. The molecule has 0 unspecified atom stereocenters. The van der Waals surface area contributed by atoms with Crippen molar-refractivity contribution < 1.29 is 9.47 Å². The molecule has 126 valence electrons. The Morgan fingerprint density at radius 2 is 2.08 bits per heavy atom. The van der Waals surface area contributed by atoms with E-state index in [1.165, 1.54) is 0 Å². The van der Waals surface area contributed by atoms with Crippen LogP contribution < -0.4 is 15.8 Å². The van der Waals surface area contributed by atoms with Gasteiger partial charge in [0.25, 0.3) is 0 Å². The van der Waals surface area contributed by atoms with Crippen LogP contribution in [-0.2, 0) is 11.2 Å². The lowest BCUT2D eigenvalue weighted by atomic mass is 10.0. The molecular weight excluding hydrogens is 326 g/mol. The molecule has 0 saturated carbocycles. The van der Waals surface area contributed by atoms with E-state index in [1.54, 1.807) is 12.1 Å². The highest BCUT2D eigenvalue weighted by Gasteiger charge is 2.16. The van der Waals surface area contributed by atoms with Gasteiger partial charge in [0.15, 0.2) is 5.96 Å². The van der Waals surface area contributed by atoms with Crippen molar-refractivity contribution in [3.8, 4) is 5.75 Å². The summed E-state index contributed by atoms with van der Waals surface area (Å²) in [6.45, 7) is 1.43. The Kier molecular flexibility index (Phi) is 5.23. The van der Waals surface area contributed by atoms with Gasteiger partial charge in [-0.05, 0) is 47.9 Å². The Balaban J connectivity index is 1.67. The van der Waals surface area contributed by atoms with Gasteiger partial charge in [-0.15, -0.1) is 0 Å². The number of nitrogens with two attached hydrogens (primary N) is 1. The molecule has 3 rings (SSSR count). The van der Waals surface area contributed by atoms with Crippen molar-refractivity contribution in [2.45, 2.75) is 18.9 Å². The quantitative estimate of drug-likeness (QED) is 0.573.